The number of carbonyl (C=O) groups excluding carboxylic acids is 1. The quantitative estimate of drug-likeness (QED) is 0.737. The number of halogens is 1. The van der Waals surface area contributed by atoms with E-state index in [1.165, 1.54) is 35.9 Å². The summed E-state index contributed by atoms with van der Waals surface area (Å²) in [5.41, 5.74) is 2.86. The first-order valence-corrected chi connectivity index (χ1v) is 8.84. The van der Waals surface area contributed by atoms with Crippen molar-refractivity contribution in [2.75, 3.05) is 0 Å². The number of hydrogen-bond donors (Lipinski definition) is 2. The van der Waals surface area contributed by atoms with E-state index in [0.717, 1.165) is 0 Å². The van der Waals surface area contributed by atoms with Crippen molar-refractivity contribution in [3.63, 3.8) is 0 Å². The number of ether oxygens (including phenoxy) is 1. The van der Waals surface area contributed by atoms with Gasteiger partial charge in [0.25, 0.3) is 15.9 Å². The standard InChI is InChI=1S/C15H19FN4O4S/c1-9-14(10(2)20(4)18-9)25(22,23)19-17-15(21)11(3)24-13-7-5-12(16)6-8-13/h5-8,11,19H,1-4H3,(H,17,21)/t11-/m0/s1. The molecule has 0 saturated carbocycles. The Bertz CT molecular complexity index is 878. The number of nitrogens with one attached hydrogen (secondary N) is 2. The number of amides is 1. The van der Waals surface area contributed by atoms with Gasteiger partial charge in [-0.1, -0.05) is 0 Å². The third kappa shape index (κ3) is 4.34. The van der Waals surface area contributed by atoms with Crippen molar-refractivity contribution in [3.8, 4) is 5.75 Å². The molecule has 0 radical (unpaired) electrons. The monoisotopic (exact) mass is 370 g/mol. The Labute approximate surface area is 145 Å². The first-order chi connectivity index (χ1) is 11.6. The minimum absolute atomic E-state index is 0.00223. The fourth-order valence-electron chi connectivity index (χ4n) is 2.18. The second kappa shape index (κ2) is 7.19. The van der Waals surface area contributed by atoms with E-state index in [2.05, 4.69) is 10.5 Å². The molecule has 2 N–H and O–H groups in total. The van der Waals surface area contributed by atoms with E-state index in [4.69, 9.17) is 4.74 Å². The molecule has 136 valence electrons. The summed E-state index contributed by atoms with van der Waals surface area (Å²) >= 11 is 0. The third-order valence-corrected chi connectivity index (χ3v) is 5.01. The molecule has 25 heavy (non-hydrogen) atoms. The number of sulfonamides is 1. The Morgan fingerprint density at radius 3 is 2.40 bits per heavy atom. The van der Waals surface area contributed by atoms with Gasteiger partial charge in [0, 0.05) is 7.05 Å². The molecule has 2 rings (SSSR count). The lowest BCUT2D eigenvalue weighted by Gasteiger charge is -2.15. The molecule has 1 aromatic heterocycles. The molecule has 0 fully saturated rings. The van der Waals surface area contributed by atoms with Crippen LogP contribution in [0.4, 0.5) is 4.39 Å². The summed E-state index contributed by atoms with van der Waals surface area (Å²) in [6.45, 7) is 4.61. The lowest BCUT2D eigenvalue weighted by atomic mass is 10.3. The van der Waals surface area contributed by atoms with Gasteiger partial charge in [0.15, 0.2) is 6.10 Å². The Kier molecular flexibility index (Phi) is 5.43. The normalized spacial score (nSPS) is 12.7. The highest BCUT2D eigenvalue weighted by Crippen LogP contribution is 2.17. The molecule has 0 aliphatic heterocycles. The van der Waals surface area contributed by atoms with Gasteiger partial charge in [0.1, 0.15) is 16.5 Å². The second-order valence-electron chi connectivity index (χ2n) is 5.43. The van der Waals surface area contributed by atoms with Gasteiger partial charge in [0.05, 0.1) is 11.4 Å². The lowest BCUT2D eigenvalue weighted by Crippen LogP contribution is -2.47. The number of hydrogen-bond acceptors (Lipinski definition) is 5. The summed E-state index contributed by atoms with van der Waals surface area (Å²) < 4.78 is 44.3. The molecule has 0 saturated heterocycles. The van der Waals surface area contributed by atoms with Crippen LogP contribution in [0.15, 0.2) is 29.2 Å². The Morgan fingerprint density at radius 1 is 1.28 bits per heavy atom. The second-order valence-corrected chi connectivity index (χ2v) is 7.05. The average molecular weight is 370 g/mol. The zero-order chi connectivity index (χ0) is 18.8. The van der Waals surface area contributed by atoms with E-state index >= 15 is 0 Å². The van der Waals surface area contributed by atoms with Crippen molar-refractivity contribution in [1.29, 1.82) is 0 Å². The molecule has 10 heteroatoms. The number of aryl methyl sites for hydroxylation is 2. The van der Waals surface area contributed by atoms with Gasteiger partial charge in [-0.3, -0.25) is 14.9 Å². The molecule has 2 aromatic rings. The molecule has 1 amide bonds. The maximum Gasteiger partial charge on any atom is 0.275 e. The highest BCUT2D eigenvalue weighted by molar-refractivity contribution is 7.89. The Hall–Kier alpha value is -2.46. The summed E-state index contributed by atoms with van der Waals surface area (Å²) in [4.78, 5) is 14.0. The summed E-state index contributed by atoms with van der Waals surface area (Å²) in [6, 6.07) is 5.12. The third-order valence-electron chi connectivity index (χ3n) is 3.52. The first kappa shape index (κ1) is 18.9. The van der Waals surface area contributed by atoms with Crippen LogP contribution in [-0.4, -0.2) is 30.2 Å². The molecule has 0 aliphatic rings. The van der Waals surface area contributed by atoms with Crippen molar-refractivity contribution < 1.29 is 22.3 Å². The van der Waals surface area contributed by atoms with Gasteiger partial charge in [-0.05, 0) is 45.0 Å². The van der Waals surface area contributed by atoms with Crippen molar-refractivity contribution in [2.24, 2.45) is 7.05 Å². The zero-order valence-electron chi connectivity index (χ0n) is 14.2. The average Bonchev–Trinajstić information content (AvgIpc) is 2.80. The fraction of sp³-hybridized carbons (Fsp3) is 0.333. The van der Waals surface area contributed by atoms with Crippen LogP contribution in [0, 0.1) is 19.7 Å². The van der Waals surface area contributed by atoms with Crippen LogP contribution in [0.5, 0.6) is 5.75 Å². The molecule has 0 unspecified atom stereocenters. The van der Waals surface area contributed by atoms with Gasteiger partial charge in [-0.2, -0.15) is 5.10 Å². The molecule has 0 bridgehead atoms. The number of rotatable bonds is 6. The van der Waals surface area contributed by atoms with E-state index in [1.54, 1.807) is 20.9 Å². The molecule has 8 nitrogen and oxygen atoms in total. The van der Waals surface area contributed by atoms with Crippen LogP contribution < -0.4 is 15.0 Å². The van der Waals surface area contributed by atoms with Crippen LogP contribution in [0.25, 0.3) is 0 Å². The van der Waals surface area contributed by atoms with Crippen LogP contribution in [0.1, 0.15) is 18.3 Å². The SMILES string of the molecule is Cc1nn(C)c(C)c1S(=O)(=O)NNC(=O)[C@H](C)Oc1ccc(F)cc1. The van der Waals surface area contributed by atoms with Crippen molar-refractivity contribution >= 4 is 15.9 Å². The summed E-state index contributed by atoms with van der Waals surface area (Å²) in [6.07, 6.45) is -0.996. The van der Waals surface area contributed by atoms with Gasteiger partial charge in [0.2, 0.25) is 0 Å². The van der Waals surface area contributed by atoms with E-state index in [0.29, 0.717) is 11.4 Å². The number of carbonyl (C=O) groups is 1. The molecular weight excluding hydrogens is 351 g/mol. The van der Waals surface area contributed by atoms with Crippen molar-refractivity contribution in [2.45, 2.75) is 31.8 Å². The van der Waals surface area contributed by atoms with Gasteiger partial charge in [-0.15, -0.1) is 4.83 Å². The number of hydrazine groups is 1. The lowest BCUT2D eigenvalue weighted by molar-refractivity contribution is -0.127. The number of nitrogens with zero attached hydrogens (tertiary/aromatic N) is 2. The zero-order valence-corrected chi connectivity index (χ0v) is 15.0. The number of aromatic nitrogens is 2. The molecule has 1 aromatic carbocycles. The molecule has 0 spiro atoms. The number of benzene rings is 1. The van der Waals surface area contributed by atoms with E-state index in [9.17, 15) is 17.6 Å². The summed E-state index contributed by atoms with van der Waals surface area (Å²) in [5, 5.41) is 4.03. The molecular formula is C15H19FN4O4S. The summed E-state index contributed by atoms with van der Waals surface area (Å²) in [7, 11) is -2.35. The van der Waals surface area contributed by atoms with Gasteiger partial charge >= 0.3 is 0 Å². The van der Waals surface area contributed by atoms with Crippen molar-refractivity contribution in [3.05, 3.63) is 41.5 Å². The van der Waals surface area contributed by atoms with E-state index in [1.807, 2.05) is 4.83 Å². The van der Waals surface area contributed by atoms with Crippen LogP contribution in [0.3, 0.4) is 0 Å². The Morgan fingerprint density at radius 2 is 1.88 bits per heavy atom. The minimum atomic E-state index is -3.98. The highest BCUT2D eigenvalue weighted by Gasteiger charge is 2.25. The predicted molar refractivity (Wildman–Crippen MR) is 87.6 cm³/mol. The Balaban J connectivity index is 2.01. The molecule has 1 heterocycles. The smallest absolute Gasteiger partial charge is 0.275 e. The topological polar surface area (TPSA) is 102 Å². The minimum Gasteiger partial charge on any atom is -0.481 e. The summed E-state index contributed by atoms with van der Waals surface area (Å²) in [5.74, 6) is -0.850. The first-order valence-electron chi connectivity index (χ1n) is 7.36. The fourth-order valence-corrected chi connectivity index (χ4v) is 3.47. The molecule has 0 aliphatic carbocycles. The largest absolute Gasteiger partial charge is 0.481 e. The van der Waals surface area contributed by atoms with Crippen LogP contribution in [0.2, 0.25) is 0 Å². The van der Waals surface area contributed by atoms with Crippen LogP contribution in [-0.2, 0) is 21.9 Å². The van der Waals surface area contributed by atoms with Gasteiger partial charge in [-0.25, -0.2) is 12.8 Å². The predicted octanol–water partition coefficient (Wildman–Crippen LogP) is 0.953. The van der Waals surface area contributed by atoms with E-state index < -0.39 is 27.9 Å². The van der Waals surface area contributed by atoms with Crippen molar-refractivity contribution in [1.82, 2.24) is 20.0 Å². The maximum absolute atomic E-state index is 12.8. The van der Waals surface area contributed by atoms with Gasteiger partial charge < -0.3 is 4.74 Å². The maximum atomic E-state index is 12.8. The van der Waals surface area contributed by atoms with Crippen LogP contribution >= 0.6 is 0 Å². The highest BCUT2D eigenvalue weighted by atomic mass is 32.2. The van der Waals surface area contributed by atoms with E-state index in [-0.39, 0.29) is 10.6 Å². The molecule has 1 atom stereocenters.